The van der Waals surface area contributed by atoms with Gasteiger partial charge in [-0.25, -0.2) is 4.39 Å². The van der Waals surface area contributed by atoms with Crippen molar-refractivity contribution in [2.24, 2.45) is 5.41 Å². The predicted octanol–water partition coefficient (Wildman–Crippen LogP) is 3.86. The first-order chi connectivity index (χ1) is 16.7. The highest BCUT2D eigenvalue weighted by Gasteiger charge is 2.40. The third-order valence-corrected chi connectivity index (χ3v) is 7.10. The van der Waals surface area contributed by atoms with Crippen LogP contribution in [0.1, 0.15) is 18.9 Å². The highest BCUT2D eigenvalue weighted by Crippen LogP contribution is 2.37. The lowest BCUT2D eigenvalue weighted by Crippen LogP contribution is -2.48. The van der Waals surface area contributed by atoms with E-state index in [4.69, 9.17) is 4.74 Å². The van der Waals surface area contributed by atoms with E-state index < -0.39 is 10.1 Å². The van der Waals surface area contributed by atoms with E-state index in [1.807, 2.05) is 37.3 Å². The first kappa shape index (κ1) is 25.0. The number of allylic oxidation sites excluding steroid dienone is 1. The number of quaternary nitrogens is 1. The molecular weight excluding hydrogens is 469 g/mol. The Kier molecular flexibility index (Phi) is 7.30. The number of carbonyl (C=O) groups is 2. The summed E-state index contributed by atoms with van der Waals surface area (Å²) in [6.45, 7) is 2.37. The molecule has 2 aliphatic rings. The lowest BCUT2D eigenvalue weighted by molar-refractivity contribution is -0.871. The van der Waals surface area contributed by atoms with E-state index in [0.717, 1.165) is 15.4 Å². The topological polar surface area (TPSA) is 90.5 Å². The fourth-order valence-electron chi connectivity index (χ4n) is 4.40. The Bertz CT molecular complexity index is 1170. The molecule has 4 rings (SSSR count). The van der Waals surface area contributed by atoms with E-state index >= 15 is 0 Å². The molecule has 0 aromatic heterocycles. The van der Waals surface area contributed by atoms with Crippen LogP contribution in [0.5, 0.6) is 0 Å². The Labute approximate surface area is 208 Å². The van der Waals surface area contributed by atoms with Gasteiger partial charge in [-0.05, 0) is 54.5 Å². The molecule has 2 aromatic rings. The third kappa shape index (κ3) is 6.30. The van der Waals surface area contributed by atoms with Crippen LogP contribution >= 0.6 is 11.8 Å². The van der Waals surface area contributed by atoms with Crippen molar-refractivity contribution in [2.75, 3.05) is 26.9 Å². The number of nitrogens with one attached hydrogen (secondary N) is 2. The minimum Gasteiger partial charge on any atom is -0.631 e. The van der Waals surface area contributed by atoms with Crippen LogP contribution in [0, 0.1) is 16.4 Å². The summed E-state index contributed by atoms with van der Waals surface area (Å²) >= 11 is 1.53. The van der Waals surface area contributed by atoms with E-state index in [2.05, 4.69) is 10.6 Å². The number of halogens is 1. The normalized spacial score (nSPS) is 23.8. The van der Waals surface area contributed by atoms with E-state index in [0.29, 0.717) is 24.3 Å². The molecule has 9 heteroatoms. The average molecular weight is 498 g/mol. The first-order valence-electron chi connectivity index (χ1n) is 11.3. The summed E-state index contributed by atoms with van der Waals surface area (Å²) in [5.41, 5.74) is 0.828. The fourth-order valence-corrected chi connectivity index (χ4v) is 5.21. The SMILES string of the molecule is COC1=C(C(=O)NCc2ccc(Sc3ccc(F)cc3)cc2)CC(C)(C[N+]2([O-])CNC(=O)C2)C=C1. The molecule has 2 unspecified atom stereocenters. The highest BCUT2D eigenvalue weighted by atomic mass is 32.2. The van der Waals surface area contributed by atoms with E-state index in [9.17, 15) is 19.2 Å². The Morgan fingerprint density at radius 3 is 2.46 bits per heavy atom. The van der Waals surface area contributed by atoms with Crippen molar-refractivity contribution in [1.82, 2.24) is 10.6 Å². The molecule has 0 saturated carbocycles. The van der Waals surface area contributed by atoms with Gasteiger partial charge in [0.2, 0.25) is 0 Å². The third-order valence-electron chi connectivity index (χ3n) is 6.08. The highest BCUT2D eigenvalue weighted by molar-refractivity contribution is 7.99. The summed E-state index contributed by atoms with van der Waals surface area (Å²) in [7, 11) is 1.51. The minimum atomic E-state index is -0.654. The summed E-state index contributed by atoms with van der Waals surface area (Å²) in [6, 6.07) is 14.1. The molecule has 35 heavy (non-hydrogen) atoms. The summed E-state index contributed by atoms with van der Waals surface area (Å²) in [6.07, 6.45) is 3.96. The van der Waals surface area contributed by atoms with Gasteiger partial charge in [0.1, 0.15) is 11.6 Å². The quantitative estimate of drug-likeness (QED) is 0.427. The molecule has 1 aliphatic heterocycles. The van der Waals surface area contributed by atoms with Crippen molar-refractivity contribution in [2.45, 2.75) is 29.7 Å². The summed E-state index contributed by atoms with van der Waals surface area (Å²) < 4.78 is 17.9. The number of nitrogens with zero attached hydrogens (tertiary/aromatic N) is 1. The number of hydrogen-bond acceptors (Lipinski definition) is 5. The van der Waals surface area contributed by atoms with Gasteiger partial charge >= 0.3 is 0 Å². The zero-order valence-corrected chi connectivity index (χ0v) is 20.5. The monoisotopic (exact) mass is 497 g/mol. The molecule has 184 valence electrons. The van der Waals surface area contributed by atoms with Crippen molar-refractivity contribution in [3.63, 3.8) is 0 Å². The second kappa shape index (κ2) is 10.2. The molecule has 0 radical (unpaired) electrons. The molecule has 2 N–H and O–H groups in total. The molecule has 7 nitrogen and oxygen atoms in total. The van der Waals surface area contributed by atoms with Crippen LogP contribution < -0.4 is 10.6 Å². The van der Waals surface area contributed by atoms with Gasteiger partial charge in [0.15, 0.2) is 13.2 Å². The molecule has 0 spiro atoms. The number of hydroxylamine groups is 3. The number of amides is 2. The Morgan fingerprint density at radius 1 is 1.20 bits per heavy atom. The lowest BCUT2D eigenvalue weighted by Gasteiger charge is -2.43. The zero-order chi connectivity index (χ0) is 25.1. The Morgan fingerprint density at radius 2 is 1.86 bits per heavy atom. The second-order valence-electron chi connectivity index (χ2n) is 9.23. The maximum Gasteiger partial charge on any atom is 0.279 e. The van der Waals surface area contributed by atoms with Gasteiger partial charge in [0.25, 0.3) is 11.8 Å². The Balaban J connectivity index is 1.37. The molecule has 1 heterocycles. The molecular formula is C26H28FN3O4S. The fraction of sp³-hybridized carbons (Fsp3) is 0.308. The van der Waals surface area contributed by atoms with Gasteiger partial charge in [0.05, 0.1) is 19.2 Å². The number of hydrogen-bond donors (Lipinski definition) is 2. The lowest BCUT2D eigenvalue weighted by atomic mass is 9.78. The van der Waals surface area contributed by atoms with Crippen molar-refractivity contribution in [3.05, 3.63) is 88.6 Å². The molecule has 2 atom stereocenters. The maximum absolute atomic E-state index is 13.1. The maximum atomic E-state index is 13.1. The zero-order valence-electron chi connectivity index (χ0n) is 19.7. The van der Waals surface area contributed by atoms with Crippen LogP contribution in [0.4, 0.5) is 4.39 Å². The smallest absolute Gasteiger partial charge is 0.279 e. The van der Waals surface area contributed by atoms with Gasteiger partial charge in [-0.3, -0.25) is 9.59 Å². The molecule has 1 fully saturated rings. The van der Waals surface area contributed by atoms with Crippen LogP contribution in [-0.2, 0) is 20.9 Å². The van der Waals surface area contributed by atoms with Crippen LogP contribution in [-0.4, -0.2) is 43.3 Å². The van der Waals surface area contributed by atoms with E-state index in [1.54, 1.807) is 18.2 Å². The van der Waals surface area contributed by atoms with Gasteiger partial charge in [-0.15, -0.1) is 0 Å². The van der Waals surface area contributed by atoms with Crippen molar-refractivity contribution in [1.29, 1.82) is 0 Å². The molecule has 1 saturated heterocycles. The summed E-state index contributed by atoms with van der Waals surface area (Å²) in [4.78, 5) is 26.6. The minimum absolute atomic E-state index is 0.0417. The van der Waals surface area contributed by atoms with Crippen LogP contribution in [0.25, 0.3) is 0 Å². The van der Waals surface area contributed by atoms with Crippen LogP contribution in [0.3, 0.4) is 0 Å². The van der Waals surface area contributed by atoms with Crippen LogP contribution in [0.15, 0.2) is 81.8 Å². The van der Waals surface area contributed by atoms with Gasteiger partial charge in [-0.2, -0.15) is 0 Å². The van der Waals surface area contributed by atoms with Gasteiger partial charge in [0, 0.05) is 21.8 Å². The second-order valence-corrected chi connectivity index (χ2v) is 10.4. The van der Waals surface area contributed by atoms with E-state index in [-0.39, 0.29) is 37.4 Å². The van der Waals surface area contributed by atoms with Crippen molar-refractivity contribution in [3.8, 4) is 0 Å². The first-order valence-corrected chi connectivity index (χ1v) is 12.1. The summed E-state index contributed by atoms with van der Waals surface area (Å²) in [5.74, 6) is -0.302. The molecule has 2 aromatic carbocycles. The van der Waals surface area contributed by atoms with Crippen molar-refractivity contribution >= 4 is 23.6 Å². The van der Waals surface area contributed by atoms with Gasteiger partial charge in [-0.1, -0.05) is 36.9 Å². The number of benzene rings is 2. The number of methoxy groups -OCH3 is 1. The number of carbonyl (C=O) groups excluding carboxylic acids is 2. The largest absolute Gasteiger partial charge is 0.631 e. The molecule has 1 aliphatic carbocycles. The number of rotatable bonds is 8. The number of ether oxygens (including phenoxy) is 1. The molecule has 2 amide bonds. The predicted molar refractivity (Wildman–Crippen MR) is 131 cm³/mol. The van der Waals surface area contributed by atoms with E-state index in [1.165, 1.54) is 31.0 Å². The van der Waals surface area contributed by atoms with Crippen LogP contribution in [0.2, 0.25) is 0 Å². The average Bonchev–Trinajstić information content (AvgIpc) is 3.17. The van der Waals surface area contributed by atoms with Crippen molar-refractivity contribution < 1.29 is 23.4 Å². The van der Waals surface area contributed by atoms with Gasteiger partial charge < -0.3 is 25.2 Å². The Hall–Kier alpha value is -3.14. The standard InChI is InChI=1S/C26H28FN3O4S/c1-26(16-30(33)15-24(31)29-17-30)12-11-23(34-2)22(13-26)25(32)28-14-18-3-7-20(8-4-18)35-21-9-5-19(27)6-10-21/h3-12H,13-17H2,1-2H3,(H,28,32)(H,29,31). The molecule has 0 bridgehead atoms. The summed E-state index contributed by atoms with van der Waals surface area (Å²) in [5, 5.41) is 18.5.